The van der Waals surface area contributed by atoms with Gasteiger partial charge in [0.15, 0.2) is 17.6 Å². The predicted molar refractivity (Wildman–Crippen MR) is 128 cm³/mol. The van der Waals surface area contributed by atoms with Crippen LogP contribution >= 0.6 is 24.0 Å². The van der Waals surface area contributed by atoms with E-state index in [1.165, 1.54) is 25.6 Å². The summed E-state index contributed by atoms with van der Waals surface area (Å²) >= 11 is 0. The summed E-state index contributed by atoms with van der Waals surface area (Å²) in [7, 11) is 4.00. The van der Waals surface area contributed by atoms with Gasteiger partial charge in [-0.25, -0.2) is 9.37 Å². The molecule has 3 rings (SSSR count). The Labute approximate surface area is 191 Å². The van der Waals surface area contributed by atoms with Crippen molar-refractivity contribution in [2.75, 3.05) is 71.4 Å². The molecule has 9 heteroatoms. The fraction of sp³-hybridized carbons (Fsp3) is 0.700. The largest absolute Gasteiger partial charge is 0.356 e. The van der Waals surface area contributed by atoms with Crippen molar-refractivity contribution >= 4 is 35.8 Å². The van der Waals surface area contributed by atoms with Gasteiger partial charge in [0.1, 0.15) is 0 Å². The number of nitrogens with one attached hydrogen (secondary N) is 2. The van der Waals surface area contributed by atoms with Crippen molar-refractivity contribution in [3.8, 4) is 0 Å². The molecule has 2 aliphatic rings. The number of hydrogen-bond acceptors (Lipinski definition) is 5. The van der Waals surface area contributed by atoms with Gasteiger partial charge in [-0.05, 0) is 58.1 Å². The normalized spacial score (nSPS) is 21.6. The van der Waals surface area contributed by atoms with E-state index in [9.17, 15) is 4.39 Å². The van der Waals surface area contributed by atoms with E-state index < -0.39 is 0 Å². The topological polar surface area (TPSA) is 59.0 Å². The summed E-state index contributed by atoms with van der Waals surface area (Å²) in [4.78, 5) is 15.5. The minimum Gasteiger partial charge on any atom is -0.356 e. The number of anilines is 1. The van der Waals surface area contributed by atoms with Crippen LogP contribution < -0.4 is 15.5 Å². The third-order valence-electron chi connectivity index (χ3n) is 5.55. The summed E-state index contributed by atoms with van der Waals surface area (Å²) in [6.07, 6.45) is 4.93. The van der Waals surface area contributed by atoms with Gasteiger partial charge in [-0.3, -0.25) is 4.99 Å². The molecule has 7 nitrogen and oxygen atoms in total. The average molecular weight is 519 g/mol. The molecule has 2 N–H and O–H groups in total. The molecule has 164 valence electrons. The Morgan fingerprint density at radius 3 is 2.93 bits per heavy atom. The molecule has 0 aromatic carbocycles. The van der Waals surface area contributed by atoms with Gasteiger partial charge in [-0.1, -0.05) is 0 Å². The zero-order valence-corrected chi connectivity index (χ0v) is 19.9. The van der Waals surface area contributed by atoms with Crippen LogP contribution in [-0.4, -0.2) is 93.2 Å². The number of pyridine rings is 1. The Hall–Kier alpha value is -1.20. The number of halogens is 2. The summed E-state index contributed by atoms with van der Waals surface area (Å²) in [6.45, 7) is 8.26. The fourth-order valence-electron chi connectivity index (χ4n) is 3.90. The molecule has 1 aromatic rings. The lowest BCUT2D eigenvalue weighted by Crippen LogP contribution is -2.45. The molecule has 2 aliphatic heterocycles. The second kappa shape index (κ2) is 12.5. The van der Waals surface area contributed by atoms with Gasteiger partial charge in [0.2, 0.25) is 0 Å². The van der Waals surface area contributed by atoms with Gasteiger partial charge < -0.3 is 25.3 Å². The SMILES string of the molecule is CN=C(NCCCN1CCCN(C)CC1)NC1CCN(c2ncccc2F)C1.I. The van der Waals surface area contributed by atoms with Crippen molar-refractivity contribution < 1.29 is 4.39 Å². The summed E-state index contributed by atoms with van der Waals surface area (Å²) in [5.74, 6) is 1.01. The average Bonchev–Trinajstić information content (AvgIpc) is 3.06. The molecule has 0 bridgehead atoms. The van der Waals surface area contributed by atoms with Crippen LogP contribution in [0.4, 0.5) is 10.2 Å². The molecule has 0 aliphatic carbocycles. The Kier molecular flexibility index (Phi) is 10.4. The highest BCUT2D eigenvalue weighted by Crippen LogP contribution is 2.20. The van der Waals surface area contributed by atoms with E-state index in [-0.39, 0.29) is 35.8 Å². The maximum Gasteiger partial charge on any atom is 0.191 e. The number of likely N-dealkylation sites (N-methyl/N-ethyl adjacent to an activating group) is 1. The number of nitrogens with zero attached hydrogens (tertiary/aromatic N) is 5. The maximum absolute atomic E-state index is 13.9. The van der Waals surface area contributed by atoms with Crippen molar-refractivity contribution in [1.82, 2.24) is 25.4 Å². The lowest BCUT2D eigenvalue weighted by atomic mass is 10.3. The molecule has 0 saturated carbocycles. The zero-order valence-electron chi connectivity index (χ0n) is 17.6. The van der Waals surface area contributed by atoms with Crippen LogP contribution in [0.3, 0.4) is 0 Å². The van der Waals surface area contributed by atoms with Gasteiger partial charge in [-0.2, -0.15) is 0 Å². The van der Waals surface area contributed by atoms with E-state index in [4.69, 9.17) is 0 Å². The summed E-state index contributed by atoms with van der Waals surface area (Å²) in [5.41, 5.74) is 0. The third-order valence-corrected chi connectivity index (χ3v) is 5.55. The maximum atomic E-state index is 13.9. The van der Waals surface area contributed by atoms with Crippen LogP contribution in [0.25, 0.3) is 0 Å². The number of aliphatic imine (C=N–C) groups is 1. The zero-order chi connectivity index (χ0) is 19.8. The summed E-state index contributed by atoms with van der Waals surface area (Å²) in [6, 6.07) is 3.33. The third kappa shape index (κ3) is 7.53. The van der Waals surface area contributed by atoms with E-state index in [0.29, 0.717) is 5.82 Å². The minimum absolute atomic E-state index is 0. The van der Waals surface area contributed by atoms with Crippen molar-refractivity contribution in [1.29, 1.82) is 0 Å². The summed E-state index contributed by atoms with van der Waals surface area (Å²) < 4.78 is 13.9. The molecule has 0 radical (unpaired) electrons. The Balaban J connectivity index is 0.00000300. The first-order chi connectivity index (χ1) is 13.7. The van der Waals surface area contributed by atoms with Crippen molar-refractivity contribution in [2.45, 2.75) is 25.3 Å². The number of hydrogen-bond donors (Lipinski definition) is 2. The highest BCUT2D eigenvalue weighted by atomic mass is 127. The van der Waals surface area contributed by atoms with E-state index in [0.717, 1.165) is 58.1 Å². The molecule has 1 aromatic heterocycles. The number of guanidine groups is 1. The van der Waals surface area contributed by atoms with Gasteiger partial charge >= 0.3 is 0 Å². The van der Waals surface area contributed by atoms with Gasteiger partial charge in [-0.15, -0.1) is 24.0 Å². The Bertz CT molecular complexity index is 645. The van der Waals surface area contributed by atoms with Crippen molar-refractivity contribution in [2.24, 2.45) is 4.99 Å². The molecule has 1 atom stereocenters. The molecule has 0 spiro atoms. The molecular formula is C20H35FIN7. The fourth-order valence-corrected chi connectivity index (χ4v) is 3.90. The number of aromatic nitrogens is 1. The van der Waals surface area contributed by atoms with Crippen molar-refractivity contribution in [3.63, 3.8) is 0 Å². The lowest BCUT2D eigenvalue weighted by molar-refractivity contribution is 0.274. The van der Waals surface area contributed by atoms with Crippen molar-refractivity contribution in [3.05, 3.63) is 24.1 Å². The predicted octanol–water partition coefficient (Wildman–Crippen LogP) is 1.61. The highest BCUT2D eigenvalue weighted by molar-refractivity contribution is 14.0. The quantitative estimate of drug-likeness (QED) is 0.258. The molecule has 1 unspecified atom stereocenters. The van der Waals surface area contributed by atoms with Gasteiger partial charge in [0, 0.05) is 52.0 Å². The van der Waals surface area contributed by atoms with Crippen LogP contribution in [0.1, 0.15) is 19.3 Å². The number of rotatable bonds is 6. The van der Waals surface area contributed by atoms with E-state index >= 15 is 0 Å². The second-order valence-corrected chi connectivity index (χ2v) is 7.74. The molecule has 2 saturated heterocycles. The first-order valence-corrected chi connectivity index (χ1v) is 10.4. The van der Waals surface area contributed by atoms with E-state index in [2.05, 4.69) is 37.5 Å². The molecule has 3 heterocycles. The monoisotopic (exact) mass is 519 g/mol. The first kappa shape index (κ1) is 24.1. The Morgan fingerprint density at radius 1 is 1.28 bits per heavy atom. The molecule has 0 amide bonds. The molecule has 2 fully saturated rings. The molecule has 29 heavy (non-hydrogen) atoms. The second-order valence-electron chi connectivity index (χ2n) is 7.74. The van der Waals surface area contributed by atoms with E-state index in [1.54, 1.807) is 19.3 Å². The van der Waals surface area contributed by atoms with Gasteiger partial charge in [0.05, 0.1) is 0 Å². The van der Waals surface area contributed by atoms with E-state index in [1.807, 2.05) is 4.90 Å². The van der Waals surface area contributed by atoms with Gasteiger partial charge in [0.25, 0.3) is 0 Å². The minimum atomic E-state index is -0.259. The van der Waals surface area contributed by atoms with Crippen LogP contribution in [-0.2, 0) is 0 Å². The lowest BCUT2D eigenvalue weighted by Gasteiger charge is -2.21. The Morgan fingerprint density at radius 2 is 2.14 bits per heavy atom. The molecular weight excluding hydrogens is 484 g/mol. The smallest absolute Gasteiger partial charge is 0.191 e. The highest BCUT2D eigenvalue weighted by Gasteiger charge is 2.25. The van der Waals surface area contributed by atoms with Crippen LogP contribution in [0.15, 0.2) is 23.3 Å². The van der Waals surface area contributed by atoms with Crippen LogP contribution in [0, 0.1) is 5.82 Å². The summed E-state index contributed by atoms with van der Waals surface area (Å²) in [5, 5.41) is 6.89. The standard InChI is InChI=1S/C20H34FN7.HI/c1-22-20(24-9-4-11-27-12-5-10-26(2)14-15-27)25-17-7-13-28(16-17)19-18(21)6-3-8-23-19;/h3,6,8,17H,4-5,7,9-16H2,1-2H3,(H2,22,24,25);1H. The first-order valence-electron chi connectivity index (χ1n) is 10.4. The van der Waals surface area contributed by atoms with Crippen LogP contribution in [0.5, 0.6) is 0 Å². The van der Waals surface area contributed by atoms with Crippen LogP contribution in [0.2, 0.25) is 0 Å².